The number of alkyl halides is 3. The number of rotatable bonds is 6. The van der Waals surface area contributed by atoms with Crippen LogP contribution in [0, 0.1) is 0 Å². The second kappa shape index (κ2) is 9.35. The number of nitrogens with zero attached hydrogens (tertiary/aromatic N) is 2. The molecule has 0 radical (unpaired) electrons. The summed E-state index contributed by atoms with van der Waals surface area (Å²) < 4.78 is 67.5. The number of carbonyl (C=O) groups excluding carboxylic acids is 1. The molecule has 1 aliphatic rings. The molecule has 0 saturated carbocycles. The summed E-state index contributed by atoms with van der Waals surface area (Å²) in [6.45, 7) is 0. The van der Waals surface area contributed by atoms with Crippen molar-refractivity contribution in [1.29, 1.82) is 0 Å². The Balaban J connectivity index is 1.33. The average molecular weight is 572 g/mol. The molecule has 1 aliphatic heterocycles. The number of fused-ring (bicyclic) bond motifs is 2. The fraction of sp³-hybridized carbons (Fsp3) is 0.192. The largest absolute Gasteiger partial charge is 0.418 e. The highest BCUT2D eigenvalue weighted by atomic mass is 32.2. The molecule has 2 atom stereocenters. The molecule has 5 aromatic rings. The van der Waals surface area contributed by atoms with E-state index in [1.165, 1.54) is 6.07 Å². The molecular weight excluding hydrogens is 551 g/mol. The summed E-state index contributed by atoms with van der Waals surface area (Å²) in [5.41, 5.74) is 1.95. The molecule has 1 fully saturated rings. The maximum atomic E-state index is 13.5. The maximum absolute atomic E-state index is 13.5. The van der Waals surface area contributed by atoms with Crippen LogP contribution < -0.4 is 10.0 Å². The lowest BCUT2D eigenvalue weighted by Crippen LogP contribution is -2.21. The van der Waals surface area contributed by atoms with Gasteiger partial charge in [0.2, 0.25) is 15.9 Å². The van der Waals surface area contributed by atoms with Crippen LogP contribution in [0.25, 0.3) is 21.3 Å². The molecule has 200 valence electrons. The third-order valence-corrected chi connectivity index (χ3v) is 9.20. The van der Waals surface area contributed by atoms with Crippen LogP contribution in [0.4, 0.5) is 18.3 Å². The van der Waals surface area contributed by atoms with Crippen LogP contribution in [0.3, 0.4) is 0 Å². The van der Waals surface area contributed by atoms with Crippen molar-refractivity contribution < 1.29 is 26.4 Å². The Bertz CT molecular complexity index is 1780. The van der Waals surface area contributed by atoms with E-state index in [0.29, 0.717) is 27.6 Å². The first-order chi connectivity index (χ1) is 18.6. The number of nitrogens with one attached hydrogen (secondary N) is 3. The van der Waals surface area contributed by atoms with Crippen molar-refractivity contribution in [3.8, 4) is 0 Å². The number of benzene rings is 3. The number of halogens is 3. The second-order valence-corrected chi connectivity index (χ2v) is 12.1. The lowest BCUT2D eigenvalue weighted by Gasteiger charge is -2.17. The maximum Gasteiger partial charge on any atom is 0.418 e. The lowest BCUT2D eigenvalue weighted by molar-refractivity contribution is -0.136. The van der Waals surface area contributed by atoms with E-state index >= 15 is 0 Å². The van der Waals surface area contributed by atoms with Gasteiger partial charge in [0.15, 0.2) is 5.13 Å². The summed E-state index contributed by atoms with van der Waals surface area (Å²) >= 11 is 1.12. The highest BCUT2D eigenvalue weighted by Gasteiger charge is 2.38. The number of para-hydroxylation sites is 3. The lowest BCUT2D eigenvalue weighted by atomic mass is 10.0. The second-order valence-electron chi connectivity index (χ2n) is 9.21. The van der Waals surface area contributed by atoms with Gasteiger partial charge in [0.1, 0.15) is 11.1 Å². The average Bonchev–Trinajstić information content (AvgIpc) is 3.57. The number of imidazole rings is 1. The first kappa shape index (κ1) is 25.3. The van der Waals surface area contributed by atoms with Gasteiger partial charge < -0.3 is 10.3 Å². The number of aromatic amines is 1. The Morgan fingerprint density at radius 1 is 1.03 bits per heavy atom. The minimum atomic E-state index is -4.53. The summed E-state index contributed by atoms with van der Waals surface area (Å²) in [6.07, 6.45) is -4.29. The molecule has 0 bridgehead atoms. The molecule has 13 heteroatoms. The van der Waals surface area contributed by atoms with E-state index in [-0.39, 0.29) is 11.9 Å². The molecule has 1 amide bonds. The molecule has 3 heterocycles. The summed E-state index contributed by atoms with van der Waals surface area (Å²) in [6, 6.07) is 17.8. The van der Waals surface area contributed by atoms with Crippen LogP contribution in [0.2, 0.25) is 0 Å². The topological polar surface area (TPSA) is 117 Å². The number of sulfonamides is 1. The Morgan fingerprint density at radius 2 is 1.79 bits per heavy atom. The van der Waals surface area contributed by atoms with Crippen molar-refractivity contribution in [2.75, 3.05) is 5.32 Å². The van der Waals surface area contributed by atoms with Crippen LogP contribution in [-0.2, 0) is 27.4 Å². The molecule has 3 aromatic carbocycles. The minimum Gasteiger partial charge on any atom is -0.351 e. The number of hydrogen-bond acceptors (Lipinski definition) is 7. The molecule has 39 heavy (non-hydrogen) atoms. The number of amides is 1. The molecule has 3 N–H and O–H groups in total. The van der Waals surface area contributed by atoms with Crippen LogP contribution in [0.5, 0.6) is 0 Å². The predicted octanol–water partition coefficient (Wildman–Crippen LogP) is 5.48. The van der Waals surface area contributed by atoms with Crippen molar-refractivity contribution in [3.63, 3.8) is 0 Å². The monoisotopic (exact) mass is 571 g/mol. The summed E-state index contributed by atoms with van der Waals surface area (Å²) in [4.78, 5) is 23.8. The van der Waals surface area contributed by atoms with Gasteiger partial charge >= 0.3 is 6.18 Å². The summed E-state index contributed by atoms with van der Waals surface area (Å²) in [5, 5.41) is 2.62. The highest BCUT2D eigenvalue weighted by Crippen LogP contribution is 2.38. The molecule has 6 rings (SSSR count). The van der Waals surface area contributed by atoms with Gasteiger partial charge in [-0.25, -0.2) is 18.4 Å². The SMILES string of the molecule is O=C1C[C@@H](c2ccc(C[C@H](Nc3nc4c(C(F)(F)F)cccc4s3)c3nc4ccccc4[nH]3)cc2)S(=O)(=O)N1. The number of carbonyl (C=O) groups is 1. The molecule has 0 spiro atoms. The van der Waals surface area contributed by atoms with Gasteiger partial charge in [0, 0.05) is 0 Å². The molecule has 8 nitrogen and oxygen atoms in total. The standard InChI is InChI=1S/C26H20F3N5O3S2/c27-26(28,29)16-4-3-7-20-23(16)33-25(38-20)32-19(24-30-17-5-1-2-6-18(17)31-24)12-14-8-10-15(11-9-14)21-13-22(35)34-39(21,36)37/h1-11,19,21H,12-13H2,(H,30,31)(H,32,33)(H,34,35)/t19-,21-/m0/s1. The normalized spacial score (nSPS) is 17.9. The zero-order chi connectivity index (χ0) is 27.4. The van der Waals surface area contributed by atoms with Gasteiger partial charge in [0.25, 0.3) is 0 Å². The first-order valence-corrected chi connectivity index (χ1v) is 14.2. The van der Waals surface area contributed by atoms with Crippen LogP contribution in [0.1, 0.15) is 40.2 Å². The molecule has 0 unspecified atom stereocenters. The van der Waals surface area contributed by atoms with Gasteiger partial charge in [-0.3, -0.25) is 9.52 Å². The van der Waals surface area contributed by atoms with Gasteiger partial charge in [-0.15, -0.1) is 0 Å². The van der Waals surface area contributed by atoms with Crippen molar-refractivity contribution in [2.45, 2.75) is 30.3 Å². The van der Waals surface area contributed by atoms with E-state index in [2.05, 4.69) is 20.3 Å². The van der Waals surface area contributed by atoms with E-state index in [0.717, 1.165) is 34.0 Å². The van der Waals surface area contributed by atoms with Crippen LogP contribution in [-0.4, -0.2) is 29.3 Å². The quantitative estimate of drug-likeness (QED) is 0.249. The van der Waals surface area contributed by atoms with Gasteiger partial charge in [-0.05, 0) is 41.8 Å². The zero-order valence-corrected chi connectivity index (χ0v) is 21.6. The first-order valence-electron chi connectivity index (χ1n) is 11.9. The van der Waals surface area contributed by atoms with E-state index in [4.69, 9.17) is 0 Å². The number of thiazole rings is 1. The number of H-pyrrole nitrogens is 1. The predicted molar refractivity (Wildman–Crippen MR) is 142 cm³/mol. The van der Waals surface area contributed by atoms with Crippen LogP contribution >= 0.6 is 11.3 Å². The fourth-order valence-electron chi connectivity index (χ4n) is 4.69. The van der Waals surface area contributed by atoms with Crippen LogP contribution in [0.15, 0.2) is 66.7 Å². The third-order valence-electron chi connectivity index (χ3n) is 6.55. The number of aromatic nitrogens is 3. The van der Waals surface area contributed by atoms with E-state index < -0.39 is 39.0 Å². The molecule has 2 aromatic heterocycles. The van der Waals surface area contributed by atoms with Gasteiger partial charge in [-0.2, -0.15) is 13.2 Å². The smallest absolute Gasteiger partial charge is 0.351 e. The molecule has 0 aliphatic carbocycles. The Labute approximate surface area is 224 Å². The summed E-state index contributed by atoms with van der Waals surface area (Å²) in [5.74, 6) is 0.0338. The Kier molecular flexibility index (Phi) is 6.07. The highest BCUT2D eigenvalue weighted by molar-refractivity contribution is 7.90. The van der Waals surface area contributed by atoms with Crippen molar-refractivity contribution in [2.24, 2.45) is 0 Å². The third kappa shape index (κ3) is 4.94. The molecule has 1 saturated heterocycles. The number of anilines is 1. The van der Waals surface area contributed by atoms with E-state index in [1.54, 1.807) is 30.3 Å². The summed E-state index contributed by atoms with van der Waals surface area (Å²) in [7, 11) is -3.76. The molecular formula is C26H20F3N5O3S2. The van der Waals surface area contributed by atoms with Crippen molar-refractivity contribution in [1.82, 2.24) is 19.7 Å². The Hall–Kier alpha value is -3.97. The zero-order valence-electron chi connectivity index (χ0n) is 20.0. The van der Waals surface area contributed by atoms with E-state index in [1.807, 2.05) is 29.0 Å². The van der Waals surface area contributed by atoms with E-state index in [9.17, 15) is 26.4 Å². The van der Waals surface area contributed by atoms with Crippen molar-refractivity contribution in [3.05, 3.63) is 89.2 Å². The Morgan fingerprint density at radius 3 is 2.49 bits per heavy atom. The van der Waals surface area contributed by atoms with Crippen molar-refractivity contribution >= 4 is 53.6 Å². The van der Waals surface area contributed by atoms with Gasteiger partial charge in [0.05, 0.1) is 39.3 Å². The van der Waals surface area contributed by atoms with Gasteiger partial charge in [-0.1, -0.05) is 53.8 Å². The fourth-order valence-corrected chi connectivity index (χ4v) is 7.07. The minimum absolute atomic E-state index is 0.119. The number of hydrogen-bond donors (Lipinski definition) is 3.